The summed E-state index contributed by atoms with van der Waals surface area (Å²) in [5.41, 5.74) is 0.680. The van der Waals surface area contributed by atoms with E-state index in [-0.39, 0.29) is 17.5 Å². The van der Waals surface area contributed by atoms with Gasteiger partial charge in [-0.1, -0.05) is 11.3 Å². The molecule has 2 aromatic rings. The molecule has 0 saturated heterocycles. The molecule has 0 aliphatic rings. The van der Waals surface area contributed by atoms with Crippen LogP contribution in [0.5, 0.6) is 0 Å². The third kappa shape index (κ3) is 4.10. The molecule has 0 aliphatic carbocycles. The fourth-order valence-electron chi connectivity index (χ4n) is 2.07. The van der Waals surface area contributed by atoms with Gasteiger partial charge in [-0.05, 0) is 27.7 Å². The van der Waals surface area contributed by atoms with Crippen LogP contribution in [-0.4, -0.2) is 32.3 Å². The van der Waals surface area contributed by atoms with Crippen molar-refractivity contribution in [3.8, 4) is 0 Å². The Morgan fingerprint density at radius 1 is 1.38 bits per heavy atom. The van der Waals surface area contributed by atoms with Crippen molar-refractivity contribution in [2.45, 2.75) is 46.4 Å². The minimum Gasteiger partial charge on any atom is -0.451 e. The highest BCUT2D eigenvalue weighted by molar-refractivity contribution is 7.07. The first-order chi connectivity index (χ1) is 11.3. The number of nitrogens with one attached hydrogen (secondary N) is 1. The summed E-state index contributed by atoms with van der Waals surface area (Å²) in [5, 5.41) is 8.46. The predicted octanol–water partition coefficient (Wildman–Crippen LogP) is 1.57. The largest absolute Gasteiger partial charge is 0.451 e. The zero-order valence-electron chi connectivity index (χ0n) is 14.0. The van der Waals surface area contributed by atoms with Crippen LogP contribution in [-0.2, 0) is 20.9 Å². The number of hydrogen-bond acceptors (Lipinski definition) is 6. The number of carbonyl (C=O) groups excluding carboxylic acids is 2. The van der Waals surface area contributed by atoms with Gasteiger partial charge in [0.1, 0.15) is 12.4 Å². The highest BCUT2D eigenvalue weighted by Crippen LogP contribution is 2.13. The molecule has 2 heterocycles. The van der Waals surface area contributed by atoms with Crippen LogP contribution in [0.2, 0.25) is 0 Å². The molecule has 2 aromatic heterocycles. The van der Waals surface area contributed by atoms with Crippen molar-refractivity contribution >= 4 is 29.0 Å². The molecule has 1 amide bonds. The van der Waals surface area contributed by atoms with Crippen LogP contribution in [0.4, 0.5) is 5.82 Å². The second kappa shape index (κ2) is 7.43. The van der Waals surface area contributed by atoms with Gasteiger partial charge < -0.3 is 10.1 Å². The third-order valence-electron chi connectivity index (χ3n) is 3.35. The van der Waals surface area contributed by atoms with Gasteiger partial charge >= 0.3 is 10.8 Å². The van der Waals surface area contributed by atoms with Crippen LogP contribution in [0.3, 0.4) is 0 Å². The molecule has 0 fully saturated rings. The Balaban J connectivity index is 1.95. The summed E-state index contributed by atoms with van der Waals surface area (Å²) in [6, 6.07) is 1.75. The molecular formula is C15H20N4O4S. The fourth-order valence-corrected chi connectivity index (χ4v) is 2.80. The zero-order chi connectivity index (χ0) is 17.9. The van der Waals surface area contributed by atoms with Crippen LogP contribution in [0, 0.1) is 6.92 Å². The van der Waals surface area contributed by atoms with E-state index in [0.29, 0.717) is 11.5 Å². The van der Waals surface area contributed by atoms with Crippen molar-refractivity contribution in [1.82, 2.24) is 14.3 Å². The molecule has 1 N–H and O–H groups in total. The van der Waals surface area contributed by atoms with Crippen molar-refractivity contribution in [3.63, 3.8) is 0 Å². The van der Waals surface area contributed by atoms with E-state index in [1.165, 1.54) is 11.5 Å². The van der Waals surface area contributed by atoms with Crippen LogP contribution < -0.4 is 10.2 Å². The SMILES string of the molecule is Cc1csc(=O)n1CC(=O)O[C@@H](C)C(=O)Nc1ccnn1C(C)C. The molecule has 24 heavy (non-hydrogen) atoms. The number of esters is 1. The average molecular weight is 352 g/mol. The molecule has 9 heteroatoms. The lowest BCUT2D eigenvalue weighted by Crippen LogP contribution is -2.33. The monoisotopic (exact) mass is 352 g/mol. The minimum atomic E-state index is -0.984. The van der Waals surface area contributed by atoms with Crippen LogP contribution in [0.25, 0.3) is 0 Å². The normalized spacial score (nSPS) is 12.2. The average Bonchev–Trinajstić information content (AvgIpc) is 3.09. The molecular weight excluding hydrogens is 332 g/mol. The summed E-state index contributed by atoms with van der Waals surface area (Å²) in [6.07, 6.45) is 0.598. The van der Waals surface area contributed by atoms with E-state index in [1.54, 1.807) is 29.2 Å². The minimum absolute atomic E-state index is 0.0848. The molecule has 0 saturated carbocycles. The van der Waals surface area contributed by atoms with Crippen molar-refractivity contribution in [1.29, 1.82) is 0 Å². The van der Waals surface area contributed by atoms with Crippen molar-refractivity contribution in [3.05, 3.63) is 33.0 Å². The second-order valence-electron chi connectivity index (χ2n) is 5.61. The Labute approximate surface area is 143 Å². The predicted molar refractivity (Wildman–Crippen MR) is 90.1 cm³/mol. The lowest BCUT2D eigenvalue weighted by Gasteiger charge is -2.16. The molecule has 0 bridgehead atoms. The van der Waals surface area contributed by atoms with Gasteiger partial charge in [-0.2, -0.15) is 5.10 Å². The lowest BCUT2D eigenvalue weighted by atomic mass is 10.3. The standard InChI is InChI=1S/C15H20N4O4S/c1-9(2)19-12(5-6-16-19)17-14(21)11(4)23-13(20)7-18-10(3)8-24-15(18)22/h5-6,8-9,11H,7H2,1-4H3,(H,17,21)/t11-/m0/s1. The van der Waals surface area contributed by atoms with Crippen molar-refractivity contribution in [2.24, 2.45) is 0 Å². The topological polar surface area (TPSA) is 95.2 Å². The van der Waals surface area contributed by atoms with E-state index in [2.05, 4.69) is 10.4 Å². The first-order valence-corrected chi connectivity index (χ1v) is 8.36. The Morgan fingerprint density at radius 3 is 2.67 bits per heavy atom. The van der Waals surface area contributed by atoms with Gasteiger partial charge in [0.2, 0.25) is 0 Å². The molecule has 0 aromatic carbocycles. The lowest BCUT2D eigenvalue weighted by molar-refractivity contribution is -0.153. The molecule has 0 unspecified atom stereocenters. The summed E-state index contributed by atoms with van der Waals surface area (Å²) < 4.78 is 8.07. The smallest absolute Gasteiger partial charge is 0.326 e. The molecule has 8 nitrogen and oxygen atoms in total. The fraction of sp³-hybridized carbons (Fsp3) is 0.467. The first kappa shape index (κ1) is 17.9. The molecule has 0 aliphatic heterocycles. The Hall–Kier alpha value is -2.42. The number of thiazole rings is 1. The van der Waals surface area contributed by atoms with Gasteiger partial charge in [0.05, 0.1) is 6.20 Å². The van der Waals surface area contributed by atoms with E-state index < -0.39 is 18.0 Å². The van der Waals surface area contributed by atoms with Crippen molar-refractivity contribution in [2.75, 3.05) is 5.32 Å². The van der Waals surface area contributed by atoms with Gasteiger partial charge in [-0.15, -0.1) is 0 Å². The van der Waals surface area contributed by atoms with E-state index >= 15 is 0 Å². The molecule has 0 spiro atoms. The maximum Gasteiger partial charge on any atom is 0.326 e. The van der Waals surface area contributed by atoms with Gasteiger partial charge in [0, 0.05) is 23.2 Å². The summed E-state index contributed by atoms with van der Waals surface area (Å²) in [4.78, 5) is 35.5. The van der Waals surface area contributed by atoms with Gasteiger partial charge in [0.25, 0.3) is 5.91 Å². The van der Waals surface area contributed by atoms with Crippen LogP contribution in [0.15, 0.2) is 22.4 Å². The number of nitrogens with zero attached hydrogens (tertiary/aromatic N) is 3. The molecule has 130 valence electrons. The quantitative estimate of drug-likeness (QED) is 0.796. The number of aromatic nitrogens is 3. The van der Waals surface area contributed by atoms with Crippen LogP contribution >= 0.6 is 11.3 Å². The highest BCUT2D eigenvalue weighted by atomic mass is 32.1. The first-order valence-electron chi connectivity index (χ1n) is 7.48. The number of rotatable bonds is 6. The molecule has 1 atom stereocenters. The summed E-state index contributed by atoms with van der Waals surface area (Å²) >= 11 is 1.02. The number of aryl methyl sites for hydroxylation is 1. The molecule has 0 radical (unpaired) electrons. The number of amides is 1. The van der Waals surface area contributed by atoms with E-state index in [0.717, 1.165) is 11.3 Å². The van der Waals surface area contributed by atoms with E-state index in [1.807, 2.05) is 13.8 Å². The van der Waals surface area contributed by atoms with E-state index in [4.69, 9.17) is 4.74 Å². The Morgan fingerprint density at radius 2 is 2.08 bits per heavy atom. The third-order valence-corrected chi connectivity index (χ3v) is 4.23. The summed E-state index contributed by atoms with van der Waals surface area (Å²) in [5.74, 6) is -0.568. The number of carbonyl (C=O) groups is 2. The Kier molecular flexibility index (Phi) is 5.55. The zero-order valence-corrected chi connectivity index (χ0v) is 14.8. The highest BCUT2D eigenvalue weighted by Gasteiger charge is 2.20. The number of ether oxygens (including phenoxy) is 1. The van der Waals surface area contributed by atoms with Gasteiger partial charge in [0.15, 0.2) is 6.10 Å². The molecule has 2 rings (SSSR count). The Bertz CT molecular complexity index is 789. The van der Waals surface area contributed by atoms with Crippen LogP contribution in [0.1, 0.15) is 32.5 Å². The summed E-state index contributed by atoms with van der Waals surface area (Å²) in [6.45, 7) is 6.87. The van der Waals surface area contributed by atoms with Crippen molar-refractivity contribution < 1.29 is 14.3 Å². The number of anilines is 1. The second-order valence-corrected chi connectivity index (χ2v) is 6.43. The van der Waals surface area contributed by atoms with Gasteiger partial charge in [-0.3, -0.25) is 19.0 Å². The maximum absolute atomic E-state index is 12.2. The summed E-state index contributed by atoms with van der Waals surface area (Å²) in [7, 11) is 0. The van der Waals surface area contributed by atoms with E-state index in [9.17, 15) is 14.4 Å². The number of hydrogen-bond donors (Lipinski definition) is 1. The maximum atomic E-state index is 12.2. The van der Waals surface area contributed by atoms with Gasteiger partial charge in [-0.25, -0.2) is 4.68 Å².